The van der Waals surface area contributed by atoms with Gasteiger partial charge in [0.05, 0.1) is 6.61 Å². The molecule has 0 bridgehead atoms. The molecular weight excluding hydrogens is 349 g/mol. The fourth-order valence-corrected chi connectivity index (χ4v) is 2.64. The number of carbonyl (C=O) groups excluding carboxylic acids is 1. The predicted molar refractivity (Wildman–Crippen MR) is 102 cm³/mol. The summed E-state index contributed by atoms with van der Waals surface area (Å²) in [5, 5.41) is 0. The molecule has 138 valence electrons. The van der Waals surface area contributed by atoms with Gasteiger partial charge in [0, 0.05) is 39.3 Å². The lowest BCUT2D eigenvalue weighted by Crippen LogP contribution is -2.51. The molecule has 0 aromatic heterocycles. The summed E-state index contributed by atoms with van der Waals surface area (Å²) in [6.07, 6.45) is 0. The molecule has 1 aromatic rings. The molecule has 0 spiro atoms. The van der Waals surface area contributed by atoms with Crippen molar-refractivity contribution < 1.29 is 9.53 Å². The molecule has 2 rings (SSSR count). The van der Waals surface area contributed by atoms with Crippen molar-refractivity contribution in [3.8, 4) is 0 Å². The van der Waals surface area contributed by atoms with E-state index in [0.717, 1.165) is 51.5 Å². The SMILES string of the molecule is CCOCCN1CCN(C(=O)C(N)c2ccc(C)cc2)CC1.Cl.Cl. The average Bonchev–Trinajstić information content (AvgIpc) is 2.55. The number of benzene rings is 1. The van der Waals surface area contributed by atoms with Gasteiger partial charge in [-0.2, -0.15) is 0 Å². The maximum atomic E-state index is 12.5. The quantitative estimate of drug-likeness (QED) is 0.770. The molecule has 24 heavy (non-hydrogen) atoms. The zero-order valence-electron chi connectivity index (χ0n) is 14.4. The first kappa shape index (κ1) is 23.1. The van der Waals surface area contributed by atoms with Crippen LogP contribution in [0.2, 0.25) is 0 Å². The lowest BCUT2D eigenvalue weighted by molar-refractivity contribution is -0.134. The molecule has 1 aromatic carbocycles. The van der Waals surface area contributed by atoms with Crippen LogP contribution in [0.1, 0.15) is 24.1 Å². The zero-order valence-corrected chi connectivity index (χ0v) is 16.1. The van der Waals surface area contributed by atoms with Crippen LogP contribution in [0.3, 0.4) is 0 Å². The van der Waals surface area contributed by atoms with Crippen molar-refractivity contribution in [3.63, 3.8) is 0 Å². The number of hydrogen-bond donors (Lipinski definition) is 1. The van der Waals surface area contributed by atoms with Gasteiger partial charge < -0.3 is 15.4 Å². The Hall–Kier alpha value is -0.850. The van der Waals surface area contributed by atoms with Crippen LogP contribution in [0.15, 0.2) is 24.3 Å². The second kappa shape index (κ2) is 11.7. The molecule has 2 N–H and O–H groups in total. The van der Waals surface area contributed by atoms with E-state index in [-0.39, 0.29) is 30.7 Å². The standard InChI is InChI=1S/C17H27N3O2.2ClH/c1-3-22-13-12-19-8-10-20(11-9-19)17(21)16(18)15-6-4-14(2)5-7-15;;/h4-7,16H,3,8-13,18H2,1-2H3;2*1H. The second-order valence-electron chi connectivity index (χ2n) is 5.75. The number of hydrogen-bond acceptors (Lipinski definition) is 4. The highest BCUT2D eigenvalue weighted by molar-refractivity contribution is 5.85. The Bertz CT molecular complexity index is 477. The van der Waals surface area contributed by atoms with Crippen molar-refractivity contribution in [3.05, 3.63) is 35.4 Å². The zero-order chi connectivity index (χ0) is 15.9. The molecule has 1 heterocycles. The largest absolute Gasteiger partial charge is 0.380 e. The Balaban J connectivity index is 0.00000264. The van der Waals surface area contributed by atoms with Gasteiger partial charge in [-0.25, -0.2) is 0 Å². The minimum atomic E-state index is -0.560. The summed E-state index contributed by atoms with van der Waals surface area (Å²) in [4.78, 5) is 16.7. The van der Waals surface area contributed by atoms with E-state index in [4.69, 9.17) is 10.5 Å². The summed E-state index contributed by atoms with van der Waals surface area (Å²) in [7, 11) is 0. The van der Waals surface area contributed by atoms with Gasteiger partial charge in [-0.1, -0.05) is 29.8 Å². The lowest BCUT2D eigenvalue weighted by Gasteiger charge is -2.35. The second-order valence-corrected chi connectivity index (χ2v) is 5.75. The highest BCUT2D eigenvalue weighted by atomic mass is 35.5. The summed E-state index contributed by atoms with van der Waals surface area (Å²) in [5.41, 5.74) is 8.18. The highest BCUT2D eigenvalue weighted by Crippen LogP contribution is 2.15. The van der Waals surface area contributed by atoms with Gasteiger partial charge in [-0.3, -0.25) is 9.69 Å². The number of piperazine rings is 1. The third-order valence-electron chi connectivity index (χ3n) is 4.14. The molecule has 7 heteroatoms. The summed E-state index contributed by atoms with van der Waals surface area (Å²) in [5.74, 6) is 0.0216. The first-order valence-electron chi connectivity index (χ1n) is 8.03. The van der Waals surface area contributed by atoms with Gasteiger partial charge in [0.15, 0.2) is 0 Å². The summed E-state index contributed by atoms with van der Waals surface area (Å²) < 4.78 is 5.37. The fraction of sp³-hybridized carbons (Fsp3) is 0.588. The van der Waals surface area contributed by atoms with Crippen molar-refractivity contribution in [1.82, 2.24) is 9.80 Å². The first-order valence-corrected chi connectivity index (χ1v) is 8.03. The van der Waals surface area contributed by atoms with E-state index in [1.54, 1.807) is 0 Å². The van der Waals surface area contributed by atoms with Crippen LogP contribution in [0, 0.1) is 6.92 Å². The van der Waals surface area contributed by atoms with Crippen molar-refractivity contribution in [2.45, 2.75) is 19.9 Å². The number of amides is 1. The molecule has 1 aliphatic heterocycles. The molecule has 1 fully saturated rings. The average molecular weight is 378 g/mol. The van der Waals surface area contributed by atoms with Crippen molar-refractivity contribution in [2.24, 2.45) is 5.73 Å². The number of rotatable bonds is 6. The molecule has 5 nitrogen and oxygen atoms in total. The van der Waals surface area contributed by atoms with Crippen molar-refractivity contribution in [1.29, 1.82) is 0 Å². The van der Waals surface area contributed by atoms with E-state index in [1.807, 2.05) is 43.0 Å². The topological polar surface area (TPSA) is 58.8 Å². The molecule has 0 radical (unpaired) electrons. The smallest absolute Gasteiger partial charge is 0.244 e. The lowest BCUT2D eigenvalue weighted by atomic mass is 10.0. The summed E-state index contributed by atoms with van der Waals surface area (Å²) >= 11 is 0. The molecule has 1 amide bonds. The number of halogens is 2. The van der Waals surface area contributed by atoms with Crippen LogP contribution in [0.5, 0.6) is 0 Å². The van der Waals surface area contributed by atoms with Gasteiger partial charge in [-0.15, -0.1) is 24.8 Å². The first-order chi connectivity index (χ1) is 10.6. The number of carbonyl (C=O) groups is 1. The monoisotopic (exact) mass is 377 g/mol. The Labute approximate surface area is 157 Å². The molecular formula is C17H29Cl2N3O2. The Morgan fingerprint density at radius 2 is 1.75 bits per heavy atom. The van der Waals surface area contributed by atoms with Crippen LogP contribution in [-0.2, 0) is 9.53 Å². The van der Waals surface area contributed by atoms with Gasteiger partial charge in [-0.05, 0) is 19.4 Å². The van der Waals surface area contributed by atoms with Crippen LogP contribution in [0.4, 0.5) is 0 Å². The number of nitrogens with two attached hydrogens (primary N) is 1. The third-order valence-corrected chi connectivity index (χ3v) is 4.14. The maximum Gasteiger partial charge on any atom is 0.244 e. The van der Waals surface area contributed by atoms with Crippen molar-refractivity contribution >= 4 is 30.7 Å². The molecule has 1 saturated heterocycles. The van der Waals surface area contributed by atoms with Crippen molar-refractivity contribution in [2.75, 3.05) is 45.9 Å². The Morgan fingerprint density at radius 3 is 2.29 bits per heavy atom. The Kier molecular flexibility index (Phi) is 11.2. The molecule has 0 saturated carbocycles. The number of nitrogens with zero attached hydrogens (tertiary/aromatic N) is 2. The minimum absolute atomic E-state index is 0. The van der Waals surface area contributed by atoms with Crippen LogP contribution in [0.25, 0.3) is 0 Å². The van der Waals surface area contributed by atoms with Crippen LogP contribution in [-0.4, -0.2) is 61.6 Å². The van der Waals surface area contributed by atoms with E-state index in [9.17, 15) is 4.79 Å². The minimum Gasteiger partial charge on any atom is -0.380 e. The molecule has 1 atom stereocenters. The number of ether oxygens (including phenoxy) is 1. The van der Waals surface area contributed by atoms with E-state index >= 15 is 0 Å². The normalized spacial score (nSPS) is 16.0. The van der Waals surface area contributed by atoms with Gasteiger partial charge in [0.25, 0.3) is 0 Å². The van der Waals surface area contributed by atoms with Gasteiger partial charge in [0.1, 0.15) is 6.04 Å². The maximum absolute atomic E-state index is 12.5. The predicted octanol–water partition coefficient (Wildman–Crippen LogP) is 2.02. The van der Waals surface area contributed by atoms with E-state index in [0.29, 0.717) is 0 Å². The summed E-state index contributed by atoms with van der Waals surface area (Å²) in [6.45, 7) is 9.73. The molecule has 1 unspecified atom stereocenters. The van der Waals surface area contributed by atoms with Gasteiger partial charge in [0.2, 0.25) is 5.91 Å². The highest BCUT2D eigenvalue weighted by Gasteiger charge is 2.25. The summed E-state index contributed by atoms with van der Waals surface area (Å²) in [6, 6.07) is 7.31. The van der Waals surface area contributed by atoms with Crippen LogP contribution >= 0.6 is 24.8 Å². The Morgan fingerprint density at radius 1 is 1.17 bits per heavy atom. The van der Waals surface area contributed by atoms with E-state index in [1.165, 1.54) is 5.56 Å². The van der Waals surface area contributed by atoms with E-state index < -0.39 is 6.04 Å². The molecule has 1 aliphatic rings. The third kappa shape index (κ3) is 6.57. The number of aryl methyl sites for hydroxylation is 1. The van der Waals surface area contributed by atoms with Crippen LogP contribution < -0.4 is 5.73 Å². The molecule has 0 aliphatic carbocycles. The van der Waals surface area contributed by atoms with Gasteiger partial charge >= 0.3 is 0 Å². The fourth-order valence-electron chi connectivity index (χ4n) is 2.64. The van der Waals surface area contributed by atoms with E-state index in [2.05, 4.69) is 4.90 Å².